The Morgan fingerprint density at radius 3 is 2.94 bits per heavy atom. The van der Waals surface area contributed by atoms with Gasteiger partial charge in [0.2, 0.25) is 5.89 Å². The lowest BCUT2D eigenvalue weighted by Crippen LogP contribution is -2.09. The molecule has 0 fully saturated rings. The lowest BCUT2D eigenvalue weighted by atomic mass is 10.4. The second-order valence-electron chi connectivity index (χ2n) is 3.67. The Labute approximate surface area is 104 Å². The number of hydrogen-bond donors (Lipinski definition) is 1. The minimum Gasteiger partial charge on any atom is -0.464 e. The van der Waals surface area contributed by atoms with Crippen LogP contribution in [0.2, 0.25) is 0 Å². The average molecular weight is 250 g/mol. The summed E-state index contributed by atoms with van der Waals surface area (Å²) >= 11 is 0. The molecule has 2 aromatic heterocycles. The summed E-state index contributed by atoms with van der Waals surface area (Å²) in [4.78, 5) is 19.3. The largest absolute Gasteiger partial charge is 0.464 e. The van der Waals surface area contributed by atoms with Gasteiger partial charge < -0.3 is 19.5 Å². The number of nitrogen functional groups attached to an aromatic ring is 1. The van der Waals surface area contributed by atoms with Crippen molar-refractivity contribution in [2.45, 2.75) is 19.9 Å². The molecule has 0 saturated carbocycles. The van der Waals surface area contributed by atoms with Crippen LogP contribution in [0.1, 0.15) is 29.1 Å². The molecule has 0 aliphatic heterocycles. The molecule has 0 amide bonds. The molecular weight excluding hydrogens is 236 g/mol. The van der Waals surface area contributed by atoms with Gasteiger partial charge in [-0.25, -0.2) is 14.8 Å². The first-order valence-corrected chi connectivity index (χ1v) is 5.48. The minimum absolute atomic E-state index is 0.0970. The van der Waals surface area contributed by atoms with Gasteiger partial charge in [0.05, 0.1) is 19.6 Å². The maximum Gasteiger partial charge on any atom is 0.360 e. The average Bonchev–Trinajstić information content (AvgIpc) is 2.97. The summed E-state index contributed by atoms with van der Waals surface area (Å²) in [6, 6.07) is 0. The number of nitrogens with zero attached hydrogens (tertiary/aromatic N) is 3. The number of aryl methyl sites for hydroxylation is 1. The zero-order valence-electron chi connectivity index (χ0n) is 10.2. The number of ether oxygens (including phenoxy) is 1. The van der Waals surface area contributed by atoms with Gasteiger partial charge in [-0.05, 0) is 0 Å². The molecule has 0 saturated heterocycles. The van der Waals surface area contributed by atoms with Crippen LogP contribution in [0, 0.1) is 0 Å². The highest BCUT2D eigenvalue weighted by atomic mass is 16.5. The topological polar surface area (TPSA) is 96.2 Å². The van der Waals surface area contributed by atoms with Crippen LogP contribution in [-0.2, 0) is 17.7 Å². The molecule has 0 bridgehead atoms. The first-order chi connectivity index (χ1) is 8.65. The van der Waals surface area contributed by atoms with Crippen molar-refractivity contribution >= 4 is 11.8 Å². The van der Waals surface area contributed by atoms with E-state index in [1.165, 1.54) is 13.4 Å². The Balaban J connectivity index is 2.19. The fourth-order valence-electron chi connectivity index (χ4n) is 1.50. The second-order valence-corrected chi connectivity index (χ2v) is 3.67. The standard InChI is InChI=1S/C11H14N4O3/c1-3-7-4-13-8(18-7)5-15-6-14-9(10(15)12)11(16)17-2/h4,6H,3,5,12H2,1-2H3. The van der Waals surface area contributed by atoms with Gasteiger partial charge in [0.15, 0.2) is 5.69 Å². The lowest BCUT2D eigenvalue weighted by molar-refractivity contribution is 0.0596. The number of carbonyl (C=O) groups is 1. The third-order valence-electron chi connectivity index (χ3n) is 2.51. The number of nitrogens with two attached hydrogens (primary N) is 1. The number of methoxy groups -OCH3 is 1. The van der Waals surface area contributed by atoms with Crippen molar-refractivity contribution < 1.29 is 13.9 Å². The van der Waals surface area contributed by atoms with Crippen molar-refractivity contribution in [3.8, 4) is 0 Å². The van der Waals surface area contributed by atoms with E-state index in [1.807, 2.05) is 6.92 Å². The summed E-state index contributed by atoms with van der Waals surface area (Å²) in [5, 5.41) is 0. The van der Waals surface area contributed by atoms with Gasteiger partial charge in [0, 0.05) is 6.42 Å². The smallest absolute Gasteiger partial charge is 0.360 e. The van der Waals surface area contributed by atoms with E-state index in [-0.39, 0.29) is 11.5 Å². The van der Waals surface area contributed by atoms with Crippen LogP contribution in [0.5, 0.6) is 0 Å². The summed E-state index contributed by atoms with van der Waals surface area (Å²) in [6.07, 6.45) is 3.90. The highest BCUT2D eigenvalue weighted by Gasteiger charge is 2.17. The van der Waals surface area contributed by atoms with Crippen molar-refractivity contribution in [1.82, 2.24) is 14.5 Å². The van der Waals surface area contributed by atoms with Crippen molar-refractivity contribution in [3.05, 3.63) is 29.9 Å². The van der Waals surface area contributed by atoms with Crippen LogP contribution in [0.3, 0.4) is 0 Å². The molecule has 7 heteroatoms. The Morgan fingerprint density at radius 2 is 2.33 bits per heavy atom. The molecule has 0 radical (unpaired) electrons. The highest BCUT2D eigenvalue weighted by Crippen LogP contribution is 2.14. The maximum absolute atomic E-state index is 11.3. The van der Waals surface area contributed by atoms with E-state index in [0.29, 0.717) is 12.4 Å². The van der Waals surface area contributed by atoms with Gasteiger partial charge in [-0.3, -0.25) is 0 Å². The Kier molecular flexibility index (Phi) is 3.31. The molecular formula is C11H14N4O3. The molecule has 18 heavy (non-hydrogen) atoms. The highest BCUT2D eigenvalue weighted by molar-refractivity contribution is 5.92. The minimum atomic E-state index is -0.562. The molecule has 0 aromatic carbocycles. The van der Waals surface area contributed by atoms with E-state index in [2.05, 4.69) is 14.7 Å². The van der Waals surface area contributed by atoms with Crippen molar-refractivity contribution in [2.75, 3.05) is 12.8 Å². The molecule has 0 spiro atoms. The van der Waals surface area contributed by atoms with Gasteiger partial charge in [-0.2, -0.15) is 0 Å². The van der Waals surface area contributed by atoms with E-state index in [0.717, 1.165) is 12.2 Å². The number of rotatable bonds is 4. The fraction of sp³-hybridized carbons (Fsp3) is 0.364. The number of aromatic nitrogens is 3. The molecule has 96 valence electrons. The lowest BCUT2D eigenvalue weighted by Gasteiger charge is -2.02. The Morgan fingerprint density at radius 1 is 1.56 bits per heavy atom. The van der Waals surface area contributed by atoms with Gasteiger partial charge in [-0.1, -0.05) is 6.92 Å². The first-order valence-electron chi connectivity index (χ1n) is 5.48. The molecule has 0 aliphatic carbocycles. The number of oxazole rings is 1. The van der Waals surface area contributed by atoms with Crippen molar-refractivity contribution in [3.63, 3.8) is 0 Å². The number of carbonyl (C=O) groups excluding carboxylic acids is 1. The third-order valence-corrected chi connectivity index (χ3v) is 2.51. The molecule has 2 rings (SSSR count). The molecule has 0 atom stereocenters. The van der Waals surface area contributed by atoms with Crippen molar-refractivity contribution in [2.24, 2.45) is 0 Å². The van der Waals surface area contributed by atoms with Gasteiger partial charge in [0.25, 0.3) is 0 Å². The van der Waals surface area contributed by atoms with Crippen molar-refractivity contribution in [1.29, 1.82) is 0 Å². The predicted octanol–water partition coefficient (Wildman–Crippen LogP) is 0.851. The summed E-state index contributed by atoms with van der Waals surface area (Å²) in [5.41, 5.74) is 5.89. The quantitative estimate of drug-likeness (QED) is 0.808. The SMILES string of the molecule is CCc1cnc(Cn2cnc(C(=O)OC)c2N)o1. The van der Waals surface area contributed by atoms with Gasteiger partial charge >= 0.3 is 5.97 Å². The third kappa shape index (κ3) is 2.20. The van der Waals surface area contributed by atoms with Gasteiger partial charge in [0.1, 0.15) is 18.1 Å². The first kappa shape index (κ1) is 12.2. The zero-order valence-corrected chi connectivity index (χ0v) is 10.2. The van der Waals surface area contributed by atoms with E-state index >= 15 is 0 Å². The fourth-order valence-corrected chi connectivity index (χ4v) is 1.50. The van der Waals surface area contributed by atoms with Crippen LogP contribution in [0.25, 0.3) is 0 Å². The number of esters is 1. The molecule has 0 unspecified atom stereocenters. The van der Waals surface area contributed by atoms with Crippen LogP contribution in [-0.4, -0.2) is 27.6 Å². The van der Waals surface area contributed by atoms with Crippen LogP contribution in [0.4, 0.5) is 5.82 Å². The maximum atomic E-state index is 11.3. The Hall–Kier alpha value is -2.31. The van der Waals surface area contributed by atoms with Gasteiger partial charge in [-0.15, -0.1) is 0 Å². The normalized spacial score (nSPS) is 10.6. The summed E-state index contributed by atoms with van der Waals surface area (Å²) < 4.78 is 11.6. The monoisotopic (exact) mass is 250 g/mol. The molecule has 0 aliphatic rings. The number of imidazole rings is 1. The van der Waals surface area contributed by atoms with E-state index < -0.39 is 5.97 Å². The van der Waals surface area contributed by atoms with Crippen LogP contribution >= 0.6 is 0 Å². The van der Waals surface area contributed by atoms with E-state index in [4.69, 9.17) is 10.2 Å². The molecule has 2 N–H and O–H groups in total. The Bertz CT molecular complexity index is 558. The number of anilines is 1. The molecule has 2 aromatic rings. The molecule has 2 heterocycles. The summed E-state index contributed by atoms with van der Waals surface area (Å²) in [7, 11) is 1.28. The summed E-state index contributed by atoms with van der Waals surface area (Å²) in [6.45, 7) is 2.31. The second kappa shape index (κ2) is 4.91. The molecule has 7 nitrogen and oxygen atoms in total. The van der Waals surface area contributed by atoms with Crippen LogP contribution in [0.15, 0.2) is 16.9 Å². The zero-order chi connectivity index (χ0) is 13.1. The van der Waals surface area contributed by atoms with E-state index in [9.17, 15) is 4.79 Å². The number of hydrogen-bond acceptors (Lipinski definition) is 6. The predicted molar refractivity (Wildman–Crippen MR) is 63.0 cm³/mol. The summed E-state index contributed by atoms with van der Waals surface area (Å²) in [5.74, 6) is 0.996. The van der Waals surface area contributed by atoms with Crippen LogP contribution < -0.4 is 5.73 Å². The van der Waals surface area contributed by atoms with E-state index in [1.54, 1.807) is 10.8 Å².